The van der Waals surface area contributed by atoms with Crippen molar-refractivity contribution in [3.63, 3.8) is 0 Å². The number of pyridine rings is 1. The molecule has 3 heterocycles. The van der Waals surface area contributed by atoms with Crippen molar-refractivity contribution in [2.24, 2.45) is 0 Å². The van der Waals surface area contributed by atoms with E-state index in [1.165, 1.54) is 12.3 Å². The first kappa shape index (κ1) is 17.5. The van der Waals surface area contributed by atoms with Crippen molar-refractivity contribution in [2.75, 3.05) is 0 Å². The van der Waals surface area contributed by atoms with Gasteiger partial charge in [0.15, 0.2) is 5.69 Å². The maximum absolute atomic E-state index is 12.6. The molecular weight excluding hydrogens is 336 g/mol. The summed E-state index contributed by atoms with van der Waals surface area (Å²) < 4.78 is 2.81. The van der Waals surface area contributed by atoms with Crippen LogP contribution in [-0.4, -0.2) is 40.8 Å². The molecular formula is C17H18N6O3. The molecule has 0 aliphatic rings. The molecule has 1 N–H and O–H groups in total. The Bertz CT molecular complexity index is 1020. The van der Waals surface area contributed by atoms with E-state index in [9.17, 15) is 14.7 Å². The maximum Gasteiger partial charge on any atom is 0.356 e. The lowest BCUT2D eigenvalue weighted by molar-refractivity contribution is 0.0688. The summed E-state index contributed by atoms with van der Waals surface area (Å²) in [7, 11) is 0. The molecule has 0 aliphatic heterocycles. The number of carbonyl (C=O) groups is 1. The second kappa shape index (κ2) is 6.87. The van der Waals surface area contributed by atoms with Crippen LogP contribution >= 0.6 is 0 Å². The number of nitrogens with zero attached hydrogens (tertiary/aromatic N) is 6. The van der Waals surface area contributed by atoms with Crippen LogP contribution in [-0.2, 0) is 6.42 Å². The highest BCUT2D eigenvalue weighted by Crippen LogP contribution is 2.22. The van der Waals surface area contributed by atoms with E-state index in [0.29, 0.717) is 23.2 Å². The molecule has 0 bridgehead atoms. The molecule has 0 saturated carbocycles. The van der Waals surface area contributed by atoms with Crippen LogP contribution in [0, 0.1) is 0 Å². The minimum atomic E-state index is -1.19. The second-order valence-corrected chi connectivity index (χ2v) is 6.02. The molecule has 0 saturated heterocycles. The van der Waals surface area contributed by atoms with Gasteiger partial charge in [-0.05, 0) is 32.4 Å². The fourth-order valence-electron chi connectivity index (χ4n) is 2.59. The predicted molar refractivity (Wildman–Crippen MR) is 93.4 cm³/mol. The fourth-order valence-corrected chi connectivity index (χ4v) is 2.59. The first-order valence-corrected chi connectivity index (χ1v) is 8.15. The van der Waals surface area contributed by atoms with Crippen LogP contribution in [0.1, 0.15) is 42.9 Å². The number of aryl methyl sites for hydroxylation is 1. The summed E-state index contributed by atoms with van der Waals surface area (Å²) in [5, 5.41) is 21.2. The van der Waals surface area contributed by atoms with Crippen LogP contribution in [0.3, 0.4) is 0 Å². The number of hydrogen-bond acceptors (Lipinski definition) is 6. The van der Waals surface area contributed by atoms with E-state index in [0.717, 1.165) is 10.4 Å². The minimum absolute atomic E-state index is 0.0963. The van der Waals surface area contributed by atoms with Gasteiger partial charge in [-0.15, -0.1) is 5.10 Å². The van der Waals surface area contributed by atoms with Gasteiger partial charge in [0.05, 0.1) is 23.8 Å². The molecule has 0 amide bonds. The number of carboxylic acid groups (broad SMARTS) is 1. The molecule has 3 aromatic rings. The first-order valence-electron chi connectivity index (χ1n) is 8.15. The third kappa shape index (κ3) is 3.10. The molecule has 9 nitrogen and oxygen atoms in total. The maximum atomic E-state index is 12.6. The largest absolute Gasteiger partial charge is 0.476 e. The van der Waals surface area contributed by atoms with Crippen molar-refractivity contribution >= 4 is 5.97 Å². The van der Waals surface area contributed by atoms with Crippen LogP contribution in [0.5, 0.6) is 0 Å². The topological polar surface area (TPSA) is 116 Å². The SMILES string of the molecule is CCc1cc(C(=O)O)nn(-c2cncc(-c3cnnn3C(C)C)c2)c1=O. The number of aromatic carboxylic acids is 1. The summed E-state index contributed by atoms with van der Waals surface area (Å²) in [5.41, 5.74) is 1.63. The van der Waals surface area contributed by atoms with E-state index in [-0.39, 0.29) is 17.3 Å². The Hall–Kier alpha value is -3.36. The number of carboxylic acids is 1. The molecule has 3 aromatic heterocycles. The van der Waals surface area contributed by atoms with Gasteiger partial charge in [-0.2, -0.15) is 9.78 Å². The summed E-state index contributed by atoms with van der Waals surface area (Å²) in [4.78, 5) is 28.1. The highest BCUT2D eigenvalue weighted by atomic mass is 16.4. The quantitative estimate of drug-likeness (QED) is 0.741. The van der Waals surface area contributed by atoms with E-state index in [1.807, 2.05) is 13.8 Å². The van der Waals surface area contributed by atoms with Gasteiger partial charge >= 0.3 is 5.97 Å². The number of rotatable bonds is 5. The van der Waals surface area contributed by atoms with Gasteiger partial charge in [0.25, 0.3) is 5.56 Å². The molecule has 0 aliphatic carbocycles. The van der Waals surface area contributed by atoms with E-state index in [1.54, 1.807) is 30.1 Å². The van der Waals surface area contributed by atoms with E-state index in [2.05, 4.69) is 20.4 Å². The standard InChI is InChI=1S/C17H18N6O3/c1-4-11-6-14(17(25)26)20-23(16(11)24)13-5-12(7-18-8-13)15-9-19-21-22(15)10(2)3/h5-10H,4H2,1-3H3,(H,25,26). The van der Waals surface area contributed by atoms with Crippen LogP contribution < -0.4 is 5.56 Å². The molecule has 0 aromatic carbocycles. The van der Waals surface area contributed by atoms with Gasteiger partial charge in [-0.1, -0.05) is 12.1 Å². The van der Waals surface area contributed by atoms with Crippen molar-refractivity contribution in [3.8, 4) is 16.9 Å². The summed E-state index contributed by atoms with van der Waals surface area (Å²) in [6.45, 7) is 5.74. The highest BCUT2D eigenvalue weighted by Gasteiger charge is 2.15. The lowest BCUT2D eigenvalue weighted by Crippen LogP contribution is -2.27. The van der Waals surface area contributed by atoms with E-state index >= 15 is 0 Å². The summed E-state index contributed by atoms with van der Waals surface area (Å²) >= 11 is 0. The molecule has 0 atom stereocenters. The lowest BCUT2D eigenvalue weighted by Gasteiger charge is -2.11. The van der Waals surface area contributed by atoms with Crippen LogP contribution in [0.25, 0.3) is 16.9 Å². The van der Waals surface area contributed by atoms with Crippen LogP contribution in [0.4, 0.5) is 0 Å². The van der Waals surface area contributed by atoms with Gasteiger partial charge in [0.1, 0.15) is 0 Å². The molecule has 26 heavy (non-hydrogen) atoms. The summed E-state index contributed by atoms with van der Waals surface area (Å²) in [6, 6.07) is 3.11. The highest BCUT2D eigenvalue weighted by molar-refractivity contribution is 5.85. The van der Waals surface area contributed by atoms with Crippen molar-refractivity contribution < 1.29 is 9.90 Å². The predicted octanol–water partition coefficient (Wildman–Crippen LogP) is 1.73. The Morgan fingerprint density at radius 3 is 2.65 bits per heavy atom. The van der Waals surface area contributed by atoms with Crippen LogP contribution in [0.15, 0.2) is 35.5 Å². The van der Waals surface area contributed by atoms with Crippen molar-refractivity contribution in [3.05, 3.63) is 52.3 Å². The van der Waals surface area contributed by atoms with Gasteiger partial charge in [0.2, 0.25) is 0 Å². The average Bonchev–Trinajstić information content (AvgIpc) is 3.12. The lowest BCUT2D eigenvalue weighted by atomic mass is 10.2. The normalized spacial score (nSPS) is 11.1. The van der Waals surface area contributed by atoms with Crippen molar-refractivity contribution in [2.45, 2.75) is 33.2 Å². The Morgan fingerprint density at radius 2 is 2.00 bits per heavy atom. The summed E-state index contributed by atoms with van der Waals surface area (Å²) in [5.74, 6) is -1.19. The summed E-state index contributed by atoms with van der Waals surface area (Å²) in [6.07, 6.45) is 5.11. The smallest absolute Gasteiger partial charge is 0.356 e. The second-order valence-electron chi connectivity index (χ2n) is 6.02. The van der Waals surface area contributed by atoms with Crippen molar-refractivity contribution in [1.29, 1.82) is 0 Å². The van der Waals surface area contributed by atoms with Gasteiger partial charge in [0, 0.05) is 23.4 Å². The fraction of sp³-hybridized carbons (Fsp3) is 0.294. The molecule has 0 fully saturated rings. The minimum Gasteiger partial charge on any atom is -0.476 e. The Labute approximate surface area is 148 Å². The van der Waals surface area contributed by atoms with Crippen molar-refractivity contribution in [1.82, 2.24) is 29.8 Å². The molecule has 0 unspecified atom stereocenters. The third-order valence-electron chi connectivity index (χ3n) is 3.91. The molecule has 0 radical (unpaired) electrons. The molecule has 134 valence electrons. The zero-order valence-corrected chi connectivity index (χ0v) is 14.6. The van der Waals surface area contributed by atoms with E-state index in [4.69, 9.17) is 0 Å². The Balaban J connectivity index is 2.17. The third-order valence-corrected chi connectivity index (χ3v) is 3.91. The first-order chi connectivity index (χ1) is 12.4. The Morgan fingerprint density at radius 1 is 1.23 bits per heavy atom. The monoisotopic (exact) mass is 354 g/mol. The van der Waals surface area contributed by atoms with Crippen LogP contribution in [0.2, 0.25) is 0 Å². The van der Waals surface area contributed by atoms with Gasteiger partial charge in [-0.25, -0.2) is 9.48 Å². The Kier molecular flexibility index (Phi) is 4.61. The average molecular weight is 354 g/mol. The molecule has 9 heteroatoms. The van der Waals surface area contributed by atoms with Gasteiger partial charge < -0.3 is 5.11 Å². The van der Waals surface area contributed by atoms with Gasteiger partial charge in [-0.3, -0.25) is 9.78 Å². The number of aromatic nitrogens is 6. The van der Waals surface area contributed by atoms with E-state index < -0.39 is 5.97 Å². The zero-order valence-electron chi connectivity index (χ0n) is 14.6. The zero-order chi connectivity index (χ0) is 18.8. The molecule has 0 spiro atoms. The molecule has 3 rings (SSSR count). The number of hydrogen-bond donors (Lipinski definition) is 1.